The highest BCUT2D eigenvalue weighted by atomic mass is 32.2. The number of nitrogens with zero attached hydrogens (tertiary/aromatic N) is 7. The fourth-order valence-corrected chi connectivity index (χ4v) is 6.32. The summed E-state index contributed by atoms with van der Waals surface area (Å²) in [4.78, 5) is 23.9. The Bertz CT molecular complexity index is 1910. The van der Waals surface area contributed by atoms with Crippen LogP contribution in [0.3, 0.4) is 0 Å². The van der Waals surface area contributed by atoms with Gasteiger partial charge >= 0.3 is 0 Å². The molecule has 4 aromatic rings. The molecule has 3 heterocycles. The first-order chi connectivity index (χ1) is 20.9. The van der Waals surface area contributed by atoms with Gasteiger partial charge in [-0.25, -0.2) is 14.4 Å². The lowest BCUT2D eigenvalue weighted by atomic mass is 9.95. The molecule has 2 atom stereocenters. The first-order valence-corrected chi connectivity index (χ1v) is 15.8. The van der Waals surface area contributed by atoms with E-state index in [4.69, 9.17) is 0 Å². The Labute approximate surface area is 254 Å². The van der Waals surface area contributed by atoms with E-state index in [1.54, 1.807) is 52.8 Å². The number of amides is 1. The second-order valence-corrected chi connectivity index (χ2v) is 13.1. The van der Waals surface area contributed by atoms with Gasteiger partial charge in [-0.1, -0.05) is 23.8 Å². The van der Waals surface area contributed by atoms with Gasteiger partial charge in [0.15, 0.2) is 11.1 Å². The number of hydrogen-bond acceptors (Lipinski definition) is 7. The summed E-state index contributed by atoms with van der Waals surface area (Å²) in [5, 5.41) is 5.95. The van der Waals surface area contributed by atoms with Gasteiger partial charge in [0.05, 0.1) is 12.0 Å². The molecule has 44 heavy (non-hydrogen) atoms. The van der Waals surface area contributed by atoms with E-state index in [9.17, 15) is 17.8 Å². The summed E-state index contributed by atoms with van der Waals surface area (Å²) in [6, 6.07) is 11.1. The van der Waals surface area contributed by atoms with Crippen LogP contribution in [0.25, 0.3) is 17.2 Å². The van der Waals surface area contributed by atoms with E-state index >= 15 is 4.39 Å². The number of hydrogen-bond donors (Lipinski definition) is 1. The standard InChI is InChI=1S/C31H32FN7O4S/c1-19(2)38-18-34-36-29(38)24-6-5-7-28(35-24)39(30(40)23-10-8-20(3)9-11-23)31(32)15-21(4)26(14-27(31)44(41,42)43)37-16-25(33-17-37)22-12-13-22/h5-11,14-19,22,27H,12-13H2,1-4H3,(H,41,42,43). The molecule has 1 N–H and O–H groups in total. The van der Waals surface area contributed by atoms with Crippen molar-refractivity contribution in [2.45, 2.75) is 63.5 Å². The Hall–Kier alpha value is -4.49. The Morgan fingerprint density at radius 2 is 1.84 bits per heavy atom. The van der Waals surface area contributed by atoms with Crippen LogP contribution in [0.2, 0.25) is 0 Å². The number of aryl methyl sites for hydroxylation is 1. The van der Waals surface area contributed by atoms with Gasteiger partial charge in [0, 0.05) is 29.4 Å². The monoisotopic (exact) mass is 617 g/mol. The zero-order valence-electron chi connectivity index (χ0n) is 24.7. The molecule has 1 saturated carbocycles. The van der Waals surface area contributed by atoms with Crippen molar-refractivity contribution in [2.75, 3.05) is 4.90 Å². The Morgan fingerprint density at radius 1 is 1.11 bits per heavy atom. The minimum Gasteiger partial charge on any atom is -0.310 e. The van der Waals surface area contributed by atoms with Crippen molar-refractivity contribution in [3.8, 4) is 11.5 Å². The average molecular weight is 618 g/mol. The first kappa shape index (κ1) is 29.6. The molecule has 11 nitrogen and oxygen atoms in total. The van der Waals surface area contributed by atoms with Gasteiger partial charge in [0.2, 0.25) is 5.79 Å². The van der Waals surface area contributed by atoms with Crippen molar-refractivity contribution in [3.05, 3.63) is 95.9 Å². The lowest BCUT2D eigenvalue weighted by Gasteiger charge is -2.40. The number of anilines is 1. The summed E-state index contributed by atoms with van der Waals surface area (Å²) in [5.74, 6) is -3.39. The second-order valence-electron chi connectivity index (χ2n) is 11.6. The Kier molecular flexibility index (Phi) is 7.33. The summed E-state index contributed by atoms with van der Waals surface area (Å²) in [6.45, 7) is 7.33. The second kappa shape index (κ2) is 10.9. The van der Waals surface area contributed by atoms with E-state index < -0.39 is 27.1 Å². The van der Waals surface area contributed by atoms with Crippen LogP contribution in [0.4, 0.5) is 10.2 Å². The van der Waals surface area contributed by atoms with Crippen molar-refractivity contribution in [1.82, 2.24) is 29.3 Å². The Morgan fingerprint density at radius 3 is 2.50 bits per heavy atom. The number of benzene rings is 1. The average Bonchev–Trinajstić information content (AvgIpc) is 3.47. The van der Waals surface area contributed by atoms with E-state index in [0.717, 1.165) is 36.3 Å². The molecule has 0 spiro atoms. The summed E-state index contributed by atoms with van der Waals surface area (Å²) in [6.07, 6.45) is 9.06. The molecule has 2 aliphatic rings. The van der Waals surface area contributed by atoms with Crippen LogP contribution < -0.4 is 4.90 Å². The maximum Gasteiger partial charge on any atom is 0.277 e. The third kappa shape index (κ3) is 5.37. The van der Waals surface area contributed by atoms with E-state index in [-0.39, 0.29) is 17.4 Å². The topological polar surface area (TPSA) is 136 Å². The zero-order valence-corrected chi connectivity index (χ0v) is 25.5. The highest BCUT2D eigenvalue weighted by molar-refractivity contribution is 7.86. The summed E-state index contributed by atoms with van der Waals surface area (Å²) >= 11 is 0. The maximum atomic E-state index is 17.8. The van der Waals surface area contributed by atoms with Gasteiger partial charge in [0.25, 0.3) is 16.0 Å². The van der Waals surface area contributed by atoms with Gasteiger partial charge in [-0.3, -0.25) is 14.2 Å². The zero-order chi connectivity index (χ0) is 31.4. The van der Waals surface area contributed by atoms with E-state index in [1.165, 1.54) is 24.5 Å². The van der Waals surface area contributed by atoms with Crippen LogP contribution in [-0.2, 0) is 10.1 Å². The van der Waals surface area contributed by atoms with Crippen LogP contribution in [0, 0.1) is 6.92 Å². The molecule has 0 bridgehead atoms. The first-order valence-electron chi connectivity index (χ1n) is 14.3. The summed E-state index contributed by atoms with van der Waals surface area (Å²) in [7, 11) is -5.12. The molecular formula is C31H32FN7O4S. The van der Waals surface area contributed by atoms with Crippen molar-refractivity contribution in [2.24, 2.45) is 0 Å². The molecule has 228 valence electrons. The van der Waals surface area contributed by atoms with Crippen LogP contribution >= 0.6 is 0 Å². The predicted octanol–water partition coefficient (Wildman–Crippen LogP) is 5.37. The third-order valence-corrected chi connectivity index (χ3v) is 9.00. The maximum absolute atomic E-state index is 17.8. The van der Waals surface area contributed by atoms with Crippen LogP contribution in [-0.4, -0.2) is 59.2 Å². The number of pyridine rings is 1. The minimum absolute atomic E-state index is 0.0247. The van der Waals surface area contributed by atoms with Crippen LogP contribution in [0.5, 0.6) is 0 Å². The molecule has 1 fully saturated rings. The van der Waals surface area contributed by atoms with E-state index in [2.05, 4.69) is 20.2 Å². The summed E-state index contributed by atoms with van der Waals surface area (Å²) < 4.78 is 57.6. The quantitative estimate of drug-likeness (QED) is 0.206. The van der Waals surface area contributed by atoms with Crippen molar-refractivity contribution < 1.29 is 22.2 Å². The van der Waals surface area contributed by atoms with Crippen molar-refractivity contribution in [3.63, 3.8) is 0 Å². The molecule has 2 aliphatic carbocycles. The Balaban J connectivity index is 1.52. The number of carbonyl (C=O) groups excluding carboxylic acids is 1. The largest absolute Gasteiger partial charge is 0.310 e. The lowest BCUT2D eigenvalue weighted by molar-refractivity contribution is 0.0907. The van der Waals surface area contributed by atoms with Crippen molar-refractivity contribution >= 4 is 27.5 Å². The smallest absolute Gasteiger partial charge is 0.277 e. The number of halogens is 1. The van der Waals surface area contributed by atoms with Gasteiger partial charge in [0.1, 0.15) is 17.8 Å². The van der Waals surface area contributed by atoms with Gasteiger partial charge in [-0.15, -0.1) is 10.2 Å². The van der Waals surface area contributed by atoms with Gasteiger partial charge < -0.3 is 9.13 Å². The fraction of sp³-hybridized carbons (Fsp3) is 0.323. The molecule has 3 aromatic heterocycles. The number of carbonyl (C=O) groups is 1. The summed E-state index contributed by atoms with van der Waals surface area (Å²) in [5.41, 5.74) is 2.79. The molecule has 1 amide bonds. The van der Waals surface area contributed by atoms with Crippen LogP contribution in [0.15, 0.2) is 79.0 Å². The number of alkyl halides is 1. The predicted molar refractivity (Wildman–Crippen MR) is 163 cm³/mol. The molecule has 0 saturated heterocycles. The number of imidazole rings is 1. The minimum atomic E-state index is -5.12. The molecule has 1 aromatic carbocycles. The van der Waals surface area contributed by atoms with Crippen LogP contribution in [0.1, 0.15) is 67.2 Å². The third-order valence-electron chi connectivity index (χ3n) is 7.89. The molecule has 0 aliphatic heterocycles. The van der Waals surface area contributed by atoms with Gasteiger partial charge in [-0.05, 0) is 82.5 Å². The number of allylic oxidation sites excluding steroid dienone is 2. The number of rotatable bonds is 8. The van der Waals surface area contributed by atoms with Crippen molar-refractivity contribution in [1.29, 1.82) is 0 Å². The lowest BCUT2D eigenvalue weighted by Crippen LogP contribution is -2.58. The highest BCUT2D eigenvalue weighted by Gasteiger charge is 2.54. The highest BCUT2D eigenvalue weighted by Crippen LogP contribution is 2.43. The molecule has 13 heteroatoms. The van der Waals surface area contributed by atoms with E-state index in [1.807, 2.05) is 20.8 Å². The molecule has 0 radical (unpaired) electrons. The fourth-order valence-electron chi connectivity index (χ4n) is 5.42. The number of aromatic nitrogens is 6. The van der Waals surface area contributed by atoms with E-state index in [0.29, 0.717) is 33.6 Å². The SMILES string of the molecule is CC1=CC(F)(N(C(=O)c2ccc(C)cc2)c2cccc(-c3nncn3C(C)C)n2)C(S(=O)(=O)O)C=C1n1cnc(C2CC2)c1. The molecular weight excluding hydrogens is 585 g/mol. The van der Waals surface area contributed by atoms with Gasteiger partial charge in [-0.2, -0.15) is 8.42 Å². The normalized spacial score (nSPS) is 20.4. The molecule has 2 unspecified atom stereocenters. The molecule has 6 rings (SSSR count).